The molecular weight excluding hydrogens is 243 g/mol. The van der Waals surface area contributed by atoms with Gasteiger partial charge < -0.3 is 4.84 Å². The molecule has 0 aromatic heterocycles. The first-order valence-electron chi connectivity index (χ1n) is 6.03. The van der Waals surface area contributed by atoms with E-state index in [1.807, 2.05) is 7.05 Å². The fourth-order valence-corrected chi connectivity index (χ4v) is 2.21. The Morgan fingerprint density at radius 1 is 1.22 bits per heavy atom. The molecule has 1 radical (unpaired) electrons. The molecule has 0 N–H and O–H groups in total. The first-order chi connectivity index (χ1) is 8.41. The maximum absolute atomic E-state index is 12.8. The third-order valence-electron chi connectivity index (χ3n) is 3.20. The Hall–Kier alpha value is -1.23. The topological polar surface area (TPSA) is 9.23 Å². The number of rotatable bonds is 2. The van der Waals surface area contributed by atoms with Gasteiger partial charge in [-0.25, -0.2) is 0 Å². The van der Waals surface area contributed by atoms with Crippen molar-refractivity contribution in [2.75, 3.05) is 20.1 Å². The van der Waals surface area contributed by atoms with Crippen molar-refractivity contribution in [2.45, 2.75) is 25.4 Å². The van der Waals surface area contributed by atoms with E-state index in [-0.39, 0.29) is 10.4 Å². The predicted octanol–water partition coefficient (Wildman–Crippen LogP) is 3.43. The minimum atomic E-state index is -4.40. The number of alkyl halides is 3. The molecule has 1 heterocycles. The highest BCUT2D eigenvalue weighted by Crippen LogP contribution is 2.36. The van der Waals surface area contributed by atoms with Gasteiger partial charge in [0.15, 0.2) is 0 Å². The molecule has 1 aromatic rings. The molecule has 2 nitrogen and oxygen atoms in total. The van der Waals surface area contributed by atoms with E-state index in [9.17, 15) is 13.2 Å². The van der Waals surface area contributed by atoms with Crippen LogP contribution >= 0.6 is 0 Å². The van der Waals surface area contributed by atoms with Crippen LogP contribution in [-0.2, 0) is 6.18 Å². The largest absolute Gasteiger partial charge is 0.420 e. The quantitative estimate of drug-likeness (QED) is 0.739. The number of piperidine rings is 1. The van der Waals surface area contributed by atoms with Crippen molar-refractivity contribution in [2.24, 2.45) is 0 Å². The molecule has 0 amide bonds. The molecule has 1 fully saturated rings. The number of likely N-dealkylation sites (tertiary alicyclic amines) is 1. The van der Waals surface area contributed by atoms with E-state index >= 15 is 0 Å². The van der Waals surface area contributed by atoms with Crippen LogP contribution in [0.25, 0.3) is 0 Å². The monoisotopic (exact) mass is 259 g/mol. The summed E-state index contributed by atoms with van der Waals surface area (Å²) in [5, 5.41) is 0. The van der Waals surface area contributed by atoms with E-state index in [1.54, 1.807) is 0 Å². The van der Waals surface area contributed by atoms with Crippen molar-refractivity contribution in [3.8, 4) is 5.75 Å². The second kappa shape index (κ2) is 4.80. The highest BCUT2D eigenvalue weighted by atomic mass is 19.4. The Kier molecular flexibility index (Phi) is 3.52. The van der Waals surface area contributed by atoms with Crippen molar-refractivity contribution in [1.82, 2.24) is 0 Å². The van der Waals surface area contributed by atoms with Gasteiger partial charge in [0.25, 0.3) is 0 Å². The smallest absolute Gasteiger partial charge is 0.314 e. The molecule has 0 spiro atoms. The second-order valence-corrected chi connectivity index (χ2v) is 4.81. The molecule has 0 bridgehead atoms. The van der Waals surface area contributed by atoms with Crippen LogP contribution in [0.15, 0.2) is 18.2 Å². The van der Waals surface area contributed by atoms with Gasteiger partial charge in [-0.3, -0.25) is 0 Å². The number of halogens is 3. The Morgan fingerprint density at radius 3 is 2.50 bits per heavy atom. The minimum absolute atomic E-state index is 0.198. The summed E-state index contributed by atoms with van der Waals surface area (Å²) in [7, 11) is 1.82. The fourth-order valence-electron chi connectivity index (χ4n) is 2.21. The molecule has 1 aliphatic heterocycles. The lowest BCUT2D eigenvalue weighted by Crippen LogP contribution is -2.50. The normalized spacial score (nSPS) is 19.6. The minimum Gasteiger partial charge on any atom is -0.314 e. The summed E-state index contributed by atoms with van der Waals surface area (Å²) in [4.78, 5) is 5.56. The summed E-state index contributed by atoms with van der Waals surface area (Å²) >= 11 is 0. The number of hydrogen-bond donors (Lipinski definition) is 0. The number of nitrogens with zero attached hydrogens (tertiary/aromatic N) is 1. The highest BCUT2D eigenvalue weighted by molar-refractivity contribution is 5.33. The molecule has 18 heavy (non-hydrogen) atoms. The zero-order valence-corrected chi connectivity index (χ0v) is 10.3. The van der Waals surface area contributed by atoms with Gasteiger partial charge in [0.2, 0.25) is 5.75 Å². The van der Waals surface area contributed by atoms with Gasteiger partial charge in [-0.1, -0.05) is 12.1 Å². The molecule has 1 saturated heterocycles. The van der Waals surface area contributed by atoms with E-state index in [0.29, 0.717) is 0 Å². The number of quaternary nitrogens is 1. The molecule has 2 rings (SSSR count). The Labute approximate surface area is 105 Å². The van der Waals surface area contributed by atoms with Crippen molar-refractivity contribution >= 4 is 0 Å². The molecule has 0 atom stereocenters. The lowest BCUT2D eigenvalue weighted by molar-refractivity contribution is -1.07. The van der Waals surface area contributed by atoms with Crippen LogP contribution in [0.5, 0.6) is 5.75 Å². The van der Waals surface area contributed by atoms with Crippen LogP contribution in [0.3, 0.4) is 0 Å². The second-order valence-electron chi connectivity index (χ2n) is 4.81. The number of benzene rings is 1. The third kappa shape index (κ3) is 2.96. The van der Waals surface area contributed by atoms with Crippen LogP contribution in [0.4, 0.5) is 13.2 Å². The van der Waals surface area contributed by atoms with Crippen LogP contribution in [0, 0.1) is 6.07 Å². The van der Waals surface area contributed by atoms with E-state index in [4.69, 9.17) is 4.84 Å². The molecule has 5 heteroatoms. The molecule has 0 saturated carbocycles. The molecular formula is C13H16F3NO+. The van der Waals surface area contributed by atoms with E-state index < -0.39 is 11.7 Å². The summed E-state index contributed by atoms with van der Waals surface area (Å²) in [6, 6.07) is 6.36. The van der Waals surface area contributed by atoms with Gasteiger partial charge in [0.05, 0.1) is 0 Å². The van der Waals surface area contributed by atoms with Gasteiger partial charge in [-0.15, -0.1) is 4.65 Å². The molecule has 1 aromatic carbocycles. The lowest BCUT2D eigenvalue weighted by Gasteiger charge is -2.35. The highest BCUT2D eigenvalue weighted by Gasteiger charge is 2.37. The Morgan fingerprint density at radius 2 is 1.89 bits per heavy atom. The lowest BCUT2D eigenvalue weighted by atomic mass is 10.1. The van der Waals surface area contributed by atoms with Crippen molar-refractivity contribution in [3.05, 3.63) is 29.8 Å². The number of hydrogen-bond acceptors (Lipinski definition) is 1. The molecule has 99 valence electrons. The third-order valence-corrected chi connectivity index (χ3v) is 3.20. The molecule has 1 aliphatic rings. The van der Waals surface area contributed by atoms with E-state index in [2.05, 4.69) is 6.07 Å². The van der Waals surface area contributed by atoms with Gasteiger partial charge in [0, 0.05) is 18.9 Å². The Balaban J connectivity index is 2.23. The van der Waals surface area contributed by atoms with Gasteiger partial charge in [-0.2, -0.15) is 13.2 Å². The number of para-hydroxylation sites is 1. The fraction of sp³-hybridized carbons (Fsp3) is 0.538. The molecule has 0 aliphatic carbocycles. The first-order valence-corrected chi connectivity index (χ1v) is 6.03. The summed E-state index contributed by atoms with van der Waals surface area (Å²) in [5.41, 5.74) is -0.755. The summed E-state index contributed by atoms with van der Waals surface area (Å²) < 4.78 is 38.7. The van der Waals surface area contributed by atoms with Crippen molar-refractivity contribution < 1.29 is 22.7 Å². The molecule has 0 unspecified atom stereocenters. The predicted molar refractivity (Wildman–Crippen MR) is 60.7 cm³/mol. The summed E-state index contributed by atoms with van der Waals surface area (Å²) in [6.07, 6.45) is -1.33. The van der Waals surface area contributed by atoms with E-state index in [0.717, 1.165) is 38.4 Å². The maximum Gasteiger partial charge on any atom is 0.420 e. The van der Waals surface area contributed by atoms with Gasteiger partial charge >= 0.3 is 6.18 Å². The zero-order valence-electron chi connectivity index (χ0n) is 10.3. The SMILES string of the molecule is C[N+]1(Oc2[c]cccc2C(F)(F)F)CCCCC1. The summed E-state index contributed by atoms with van der Waals surface area (Å²) in [6.45, 7) is 1.47. The average Bonchev–Trinajstić information content (AvgIpc) is 2.28. The van der Waals surface area contributed by atoms with Crippen molar-refractivity contribution in [1.29, 1.82) is 0 Å². The van der Waals surface area contributed by atoms with Crippen LogP contribution in [0.1, 0.15) is 24.8 Å². The Bertz CT molecular complexity index is 411. The zero-order chi connectivity index (χ0) is 13.2. The van der Waals surface area contributed by atoms with Gasteiger partial charge in [0.1, 0.15) is 25.7 Å². The maximum atomic E-state index is 12.8. The van der Waals surface area contributed by atoms with Crippen LogP contribution in [0.2, 0.25) is 0 Å². The van der Waals surface area contributed by atoms with Crippen LogP contribution < -0.4 is 4.84 Å². The van der Waals surface area contributed by atoms with Crippen LogP contribution in [-0.4, -0.2) is 24.8 Å². The van der Waals surface area contributed by atoms with Gasteiger partial charge in [-0.05, 0) is 12.5 Å². The summed E-state index contributed by atoms with van der Waals surface area (Å²) in [5.74, 6) is -0.200. The standard InChI is InChI=1S/C13H16F3NO/c1-17(9-5-2-6-10-17)18-12-8-4-3-7-11(12)13(14,15)16/h3-4,7H,2,5-6,9-10H2,1H3/q+1. The van der Waals surface area contributed by atoms with Crippen molar-refractivity contribution in [3.63, 3.8) is 0 Å². The van der Waals surface area contributed by atoms with E-state index in [1.165, 1.54) is 12.1 Å². The number of hydroxylamine groups is 3. The average molecular weight is 259 g/mol. The first kappa shape index (κ1) is 13.2.